The molecule has 2 N–H and O–H groups in total. The van der Waals surface area contributed by atoms with Crippen molar-refractivity contribution in [1.29, 1.82) is 0 Å². The maximum Gasteiger partial charge on any atom is 0.299 e. The van der Waals surface area contributed by atoms with Crippen LogP contribution in [0.15, 0.2) is 36.5 Å². The Balaban J connectivity index is 2.43. The van der Waals surface area contributed by atoms with Crippen molar-refractivity contribution in [2.45, 2.75) is 0 Å². The van der Waals surface area contributed by atoms with Gasteiger partial charge in [0.15, 0.2) is 11.5 Å². The molecule has 0 saturated carbocycles. The molecule has 0 bridgehead atoms. The molecule has 0 saturated heterocycles. The maximum absolute atomic E-state index is 12.0. The third-order valence-corrected chi connectivity index (χ3v) is 2.63. The molecule has 1 aromatic heterocycles. The van der Waals surface area contributed by atoms with Crippen molar-refractivity contribution in [2.24, 2.45) is 0 Å². The number of hydroxylamine groups is 2. The minimum absolute atomic E-state index is 0.0747. The SMILES string of the molecule is CON(C)C(=O)c1nc(-c2ccccc2)cnc1N. The molecule has 0 radical (unpaired) electrons. The van der Waals surface area contributed by atoms with Crippen LogP contribution in [0, 0.1) is 0 Å². The van der Waals surface area contributed by atoms with Gasteiger partial charge in [-0.1, -0.05) is 30.3 Å². The summed E-state index contributed by atoms with van der Waals surface area (Å²) in [5.74, 6) is -0.362. The highest BCUT2D eigenvalue weighted by Gasteiger charge is 2.18. The Morgan fingerprint density at radius 1 is 1.32 bits per heavy atom. The normalized spacial score (nSPS) is 10.2. The van der Waals surface area contributed by atoms with E-state index < -0.39 is 5.91 Å². The molecule has 0 atom stereocenters. The summed E-state index contributed by atoms with van der Waals surface area (Å²) in [5.41, 5.74) is 7.21. The van der Waals surface area contributed by atoms with Crippen molar-refractivity contribution >= 4 is 11.7 Å². The van der Waals surface area contributed by atoms with Gasteiger partial charge in [0.1, 0.15) is 0 Å². The molecule has 0 aliphatic rings. The van der Waals surface area contributed by atoms with Gasteiger partial charge < -0.3 is 5.73 Å². The molecule has 1 heterocycles. The van der Waals surface area contributed by atoms with E-state index in [1.807, 2.05) is 30.3 Å². The predicted molar refractivity (Wildman–Crippen MR) is 71.0 cm³/mol. The van der Waals surface area contributed by atoms with Crippen molar-refractivity contribution in [3.8, 4) is 11.3 Å². The van der Waals surface area contributed by atoms with Crippen molar-refractivity contribution in [3.05, 3.63) is 42.2 Å². The fourth-order valence-corrected chi connectivity index (χ4v) is 1.54. The van der Waals surface area contributed by atoms with E-state index in [1.165, 1.54) is 20.4 Å². The Morgan fingerprint density at radius 3 is 2.63 bits per heavy atom. The summed E-state index contributed by atoms with van der Waals surface area (Å²) < 4.78 is 0. The molecular formula is C13H14N4O2. The lowest BCUT2D eigenvalue weighted by atomic mass is 10.1. The van der Waals surface area contributed by atoms with Gasteiger partial charge in [-0.25, -0.2) is 15.0 Å². The molecular weight excluding hydrogens is 244 g/mol. The first-order valence-electron chi connectivity index (χ1n) is 5.63. The number of benzene rings is 1. The zero-order valence-corrected chi connectivity index (χ0v) is 10.7. The number of nitrogens with two attached hydrogens (primary N) is 1. The van der Waals surface area contributed by atoms with Crippen molar-refractivity contribution in [1.82, 2.24) is 15.0 Å². The first-order valence-corrected chi connectivity index (χ1v) is 5.63. The molecule has 1 aromatic carbocycles. The minimum atomic E-state index is -0.440. The molecule has 0 unspecified atom stereocenters. The highest BCUT2D eigenvalue weighted by atomic mass is 16.7. The number of nitrogen functional groups attached to an aromatic ring is 1. The van der Waals surface area contributed by atoms with Gasteiger partial charge in [-0.2, -0.15) is 0 Å². The second-order valence-corrected chi connectivity index (χ2v) is 3.84. The van der Waals surface area contributed by atoms with E-state index in [1.54, 1.807) is 0 Å². The molecule has 0 fully saturated rings. The third kappa shape index (κ3) is 2.69. The molecule has 6 nitrogen and oxygen atoms in total. The fourth-order valence-electron chi connectivity index (χ4n) is 1.54. The number of hydrogen-bond acceptors (Lipinski definition) is 5. The van der Waals surface area contributed by atoms with Crippen LogP contribution in [-0.4, -0.2) is 35.1 Å². The molecule has 1 amide bonds. The molecule has 0 aliphatic heterocycles. The lowest BCUT2D eigenvalue weighted by molar-refractivity contribution is -0.0759. The Labute approximate surface area is 110 Å². The van der Waals surface area contributed by atoms with E-state index in [-0.39, 0.29) is 11.5 Å². The Hall–Kier alpha value is -2.47. The standard InChI is InChI=1S/C13H14N4O2/c1-17(19-2)13(18)11-12(14)15-8-10(16-11)9-6-4-3-5-7-9/h3-8H,1-2H3,(H2,14,15). The molecule has 98 valence electrons. The highest BCUT2D eigenvalue weighted by Crippen LogP contribution is 2.18. The number of anilines is 1. The number of hydrogen-bond donors (Lipinski definition) is 1. The van der Waals surface area contributed by atoms with Gasteiger partial charge in [0.25, 0.3) is 5.91 Å². The van der Waals surface area contributed by atoms with Crippen molar-refractivity contribution < 1.29 is 9.63 Å². The van der Waals surface area contributed by atoms with Crippen LogP contribution in [0.1, 0.15) is 10.5 Å². The van der Waals surface area contributed by atoms with Gasteiger partial charge in [-0.3, -0.25) is 9.63 Å². The van der Waals surface area contributed by atoms with Crippen molar-refractivity contribution in [3.63, 3.8) is 0 Å². The van der Waals surface area contributed by atoms with E-state index in [0.29, 0.717) is 5.69 Å². The van der Waals surface area contributed by atoms with Gasteiger partial charge in [-0.05, 0) is 0 Å². The lowest BCUT2D eigenvalue weighted by Gasteiger charge is -2.14. The molecule has 0 spiro atoms. The molecule has 6 heteroatoms. The summed E-state index contributed by atoms with van der Waals surface area (Å²) >= 11 is 0. The van der Waals surface area contributed by atoms with E-state index in [4.69, 9.17) is 10.6 Å². The highest BCUT2D eigenvalue weighted by molar-refractivity contribution is 5.96. The predicted octanol–water partition coefficient (Wildman–Crippen LogP) is 1.36. The number of carbonyl (C=O) groups is 1. The zero-order valence-electron chi connectivity index (χ0n) is 10.7. The number of rotatable bonds is 3. The number of carbonyl (C=O) groups excluding carboxylic acids is 1. The zero-order chi connectivity index (χ0) is 13.8. The van der Waals surface area contributed by atoms with E-state index in [0.717, 1.165) is 10.6 Å². The van der Waals surface area contributed by atoms with Crippen LogP contribution < -0.4 is 5.73 Å². The first-order chi connectivity index (χ1) is 9.13. The average Bonchev–Trinajstić information content (AvgIpc) is 2.47. The van der Waals surface area contributed by atoms with Crippen LogP contribution in [0.2, 0.25) is 0 Å². The van der Waals surface area contributed by atoms with Gasteiger partial charge in [0.2, 0.25) is 0 Å². The Morgan fingerprint density at radius 2 is 2.00 bits per heavy atom. The molecule has 2 rings (SSSR count). The topological polar surface area (TPSA) is 81.3 Å². The monoisotopic (exact) mass is 258 g/mol. The first kappa shape index (κ1) is 13.0. The van der Waals surface area contributed by atoms with Crippen LogP contribution >= 0.6 is 0 Å². The van der Waals surface area contributed by atoms with Gasteiger partial charge in [0, 0.05) is 12.6 Å². The summed E-state index contributed by atoms with van der Waals surface area (Å²) in [4.78, 5) is 25.1. The van der Waals surface area contributed by atoms with Crippen LogP contribution in [0.5, 0.6) is 0 Å². The molecule has 19 heavy (non-hydrogen) atoms. The number of amides is 1. The van der Waals surface area contributed by atoms with Gasteiger partial charge in [-0.15, -0.1) is 0 Å². The van der Waals surface area contributed by atoms with E-state index >= 15 is 0 Å². The second kappa shape index (κ2) is 5.45. The minimum Gasteiger partial charge on any atom is -0.382 e. The van der Waals surface area contributed by atoms with Crippen LogP contribution in [-0.2, 0) is 4.84 Å². The van der Waals surface area contributed by atoms with Gasteiger partial charge >= 0.3 is 0 Å². The Kier molecular flexibility index (Phi) is 3.72. The average molecular weight is 258 g/mol. The van der Waals surface area contributed by atoms with Crippen LogP contribution in [0.4, 0.5) is 5.82 Å². The number of nitrogens with zero attached hydrogens (tertiary/aromatic N) is 3. The molecule has 2 aromatic rings. The lowest BCUT2D eigenvalue weighted by Crippen LogP contribution is -2.27. The fraction of sp³-hybridized carbons (Fsp3) is 0.154. The Bertz CT molecular complexity index is 586. The van der Waals surface area contributed by atoms with E-state index in [2.05, 4.69) is 9.97 Å². The quantitative estimate of drug-likeness (QED) is 0.841. The number of aromatic nitrogens is 2. The summed E-state index contributed by atoms with van der Waals surface area (Å²) in [6.45, 7) is 0. The maximum atomic E-state index is 12.0. The second-order valence-electron chi connectivity index (χ2n) is 3.84. The van der Waals surface area contributed by atoms with Crippen LogP contribution in [0.25, 0.3) is 11.3 Å². The van der Waals surface area contributed by atoms with Crippen LogP contribution in [0.3, 0.4) is 0 Å². The molecule has 0 aliphatic carbocycles. The van der Waals surface area contributed by atoms with Gasteiger partial charge in [0.05, 0.1) is 19.0 Å². The van der Waals surface area contributed by atoms with Crippen molar-refractivity contribution in [2.75, 3.05) is 19.9 Å². The summed E-state index contributed by atoms with van der Waals surface area (Å²) in [6, 6.07) is 9.44. The largest absolute Gasteiger partial charge is 0.382 e. The summed E-state index contributed by atoms with van der Waals surface area (Å²) in [6.07, 6.45) is 1.54. The third-order valence-electron chi connectivity index (χ3n) is 2.63. The summed E-state index contributed by atoms with van der Waals surface area (Å²) in [5, 5.41) is 1.05. The summed E-state index contributed by atoms with van der Waals surface area (Å²) in [7, 11) is 2.88. The van der Waals surface area contributed by atoms with E-state index in [9.17, 15) is 4.79 Å². The smallest absolute Gasteiger partial charge is 0.299 e.